The van der Waals surface area contributed by atoms with Gasteiger partial charge in [0.05, 0.1) is 10.6 Å². The van der Waals surface area contributed by atoms with Crippen molar-refractivity contribution in [1.82, 2.24) is 4.98 Å². The minimum absolute atomic E-state index is 0.166. The molecule has 8 heteroatoms. The van der Waals surface area contributed by atoms with E-state index in [0.29, 0.717) is 11.3 Å². The van der Waals surface area contributed by atoms with Crippen LogP contribution in [0.5, 0.6) is 0 Å². The van der Waals surface area contributed by atoms with E-state index in [4.69, 9.17) is 0 Å². The van der Waals surface area contributed by atoms with Crippen LogP contribution in [0.3, 0.4) is 0 Å². The minimum atomic E-state index is -4.26. The van der Waals surface area contributed by atoms with Crippen LogP contribution in [-0.2, 0) is 10.0 Å². The van der Waals surface area contributed by atoms with E-state index in [2.05, 4.69) is 9.71 Å². The normalized spacial score (nSPS) is 11.0. The average molecular weight is 354 g/mol. The summed E-state index contributed by atoms with van der Waals surface area (Å²) in [5.41, 5.74) is 0.728. The Kier molecular flexibility index (Phi) is 4.44. The van der Waals surface area contributed by atoms with Gasteiger partial charge in [-0.1, -0.05) is 42.5 Å². The number of nitro benzene ring substituents is 1. The van der Waals surface area contributed by atoms with Crippen LogP contribution < -0.4 is 0 Å². The van der Waals surface area contributed by atoms with Crippen LogP contribution in [0.4, 0.5) is 11.4 Å². The first-order valence-electron chi connectivity index (χ1n) is 7.21. The molecule has 0 saturated heterocycles. The Balaban J connectivity index is 2.05. The maximum atomic E-state index is 12.6. The Morgan fingerprint density at radius 3 is 2.32 bits per heavy atom. The third-order valence-corrected chi connectivity index (χ3v) is 4.74. The number of rotatable bonds is 5. The third kappa shape index (κ3) is 3.48. The maximum absolute atomic E-state index is 12.6. The molecule has 0 aliphatic rings. The van der Waals surface area contributed by atoms with E-state index in [1.165, 1.54) is 24.3 Å². The lowest BCUT2D eigenvalue weighted by atomic mass is 10.1. The number of nitro groups is 1. The molecule has 1 heterocycles. The van der Waals surface area contributed by atoms with E-state index in [1.807, 2.05) is 0 Å². The summed E-state index contributed by atoms with van der Waals surface area (Å²) < 4.78 is 29.0. The van der Waals surface area contributed by atoms with Crippen molar-refractivity contribution in [2.45, 2.75) is 4.90 Å². The molecule has 1 aromatic heterocycles. The van der Waals surface area contributed by atoms with Crippen molar-refractivity contribution in [2.24, 2.45) is 0 Å². The summed E-state index contributed by atoms with van der Waals surface area (Å²) in [6, 6.07) is 17.0. The number of sulfonamides is 1. The molecule has 0 unspecified atom stereocenters. The second kappa shape index (κ2) is 6.70. The average Bonchev–Trinajstić information content (AvgIpc) is 2.62. The third-order valence-electron chi connectivity index (χ3n) is 3.40. The molecule has 0 aliphatic carbocycles. The molecular formula is C17H12N3O4S-. The number of pyridine rings is 1. The van der Waals surface area contributed by atoms with Crippen molar-refractivity contribution >= 4 is 21.4 Å². The minimum Gasteiger partial charge on any atom is -0.572 e. The van der Waals surface area contributed by atoms with Crippen molar-refractivity contribution < 1.29 is 13.3 Å². The zero-order chi connectivity index (χ0) is 17.9. The lowest BCUT2D eigenvalue weighted by Crippen LogP contribution is -2.03. The van der Waals surface area contributed by atoms with Gasteiger partial charge >= 0.3 is 0 Å². The molecule has 0 fully saturated rings. The molecule has 25 heavy (non-hydrogen) atoms. The number of hydrogen-bond acceptors (Lipinski definition) is 5. The molecule has 3 rings (SSSR count). The van der Waals surface area contributed by atoms with E-state index < -0.39 is 25.5 Å². The Morgan fingerprint density at radius 2 is 1.60 bits per heavy atom. The second-order valence-electron chi connectivity index (χ2n) is 5.02. The molecule has 3 aromatic rings. The van der Waals surface area contributed by atoms with E-state index in [9.17, 15) is 18.5 Å². The lowest BCUT2D eigenvalue weighted by Gasteiger charge is -2.24. The van der Waals surface area contributed by atoms with E-state index in [0.717, 1.165) is 6.07 Å². The predicted octanol–water partition coefficient (Wildman–Crippen LogP) is 4.05. The Morgan fingerprint density at radius 1 is 0.920 bits per heavy atom. The number of aromatic nitrogens is 1. The first-order chi connectivity index (χ1) is 12.0. The molecule has 0 N–H and O–H groups in total. The molecule has 0 spiro atoms. The summed E-state index contributed by atoms with van der Waals surface area (Å²) in [5, 5.41) is 11.1. The topological polar surface area (TPSA) is 104 Å². The highest BCUT2D eigenvalue weighted by Gasteiger charge is 2.19. The van der Waals surface area contributed by atoms with Crippen LogP contribution in [-0.4, -0.2) is 18.3 Å². The Hall–Kier alpha value is -3.26. The molecule has 0 atom stereocenters. The highest BCUT2D eigenvalue weighted by Crippen LogP contribution is 2.38. The molecule has 0 amide bonds. The standard InChI is InChI=1S/C17H12N3O4S/c21-20(22)16-10-3-4-11-17(16)25(23,24)19-15-9-2-1-7-13(15)14-8-5-6-12-18-14/h1-12H/q-1. The summed E-state index contributed by atoms with van der Waals surface area (Å²) in [6.07, 6.45) is 1.59. The zero-order valence-electron chi connectivity index (χ0n) is 12.8. The van der Waals surface area contributed by atoms with Gasteiger partial charge in [0.2, 0.25) is 0 Å². The van der Waals surface area contributed by atoms with Crippen LogP contribution in [0.2, 0.25) is 0 Å². The molecule has 0 saturated carbocycles. The van der Waals surface area contributed by atoms with Crippen molar-refractivity contribution in [3.8, 4) is 11.3 Å². The van der Waals surface area contributed by atoms with Gasteiger partial charge in [-0.3, -0.25) is 15.1 Å². The van der Waals surface area contributed by atoms with Gasteiger partial charge in [0, 0.05) is 12.3 Å². The fourth-order valence-electron chi connectivity index (χ4n) is 2.30. The van der Waals surface area contributed by atoms with Gasteiger partial charge in [0.25, 0.3) is 5.69 Å². The zero-order valence-corrected chi connectivity index (χ0v) is 13.6. The van der Waals surface area contributed by atoms with Crippen LogP contribution >= 0.6 is 0 Å². The highest BCUT2D eigenvalue weighted by atomic mass is 32.2. The van der Waals surface area contributed by atoms with E-state index >= 15 is 0 Å². The first-order valence-corrected chi connectivity index (χ1v) is 8.65. The lowest BCUT2D eigenvalue weighted by molar-refractivity contribution is -0.387. The van der Waals surface area contributed by atoms with Crippen molar-refractivity contribution in [3.05, 3.63) is 87.8 Å². The van der Waals surface area contributed by atoms with Gasteiger partial charge in [-0.05, 0) is 23.8 Å². The number of hydrogen-bond donors (Lipinski definition) is 0. The summed E-state index contributed by atoms with van der Waals surface area (Å²) in [7, 11) is -4.26. The number of nitrogens with zero attached hydrogens (tertiary/aromatic N) is 3. The van der Waals surface area contributed by atoms with E-state index in [-0.39, 0.29) is 5.69 Å². The second-order valence-corrected chi connectivity index (χ2v) is 6.60. The molecular weight excluding hydrogens is 342 g/mol. The molecule has 0 bridgehead atoms. The number of para-hydroxylation sites is 1. The van der Waals surface area contributed by atoms with Gasteiger partial charge in [-0.25, -0.2) is 8.42 Å². The van der Waals surface area contributed by atoms with Crippen molar-refractivity contribution in [1.29, 1.82) is 0 Å². The SMILES string of the molecule is O=[N+]([O-])c1ccccc1S(=O)(=O)[N-]c1ccccc1-c1ccccn1. The van der Waals surface area contributed by atoms with Crippen LogP contribution in [0, 0.1) is 10.1 Å². The summed E-state index contributed by atoms with van der Waals surface area (Å²) in [6.45, 7) is 0. The van der Waals surface area contributed by atoms with E-state index in [1.54, 1.807) is 42.6 Å². The van der Waals surface area contributed by atoms with Gasteiger partial charge in [-0.15, -0.1) is 5.69 Å². The fraction of sp³-hybridized carbons (Fsp3) is 0. The van der Waals surface area contributed by atoms with Crippen LogP contribution in [0.25, 0.3) is 16.0 Å². The fourth-order valence-corrected chi connectivity index (χ4v) is 3.47. The van der Waals surface area contributed by atoms with Gasteiger partial charge in [0.15, 0.2) is 0 Å². The largest absolute Gasteiger partial charge is 0.572 e. The smallest absolute Gasteiger partial charge is 0.286 e. The van der Waals surface area contributed by atoms with Gasteiger partial charge < -0.3 is 4.72 Å². The molecule has 0 aliphatic heterocycles. The predicted molar refractivity (Wildman–Crippen MR) is 93.0 cm³/mol. The monoisotopic (exact) mass is 354 g/mol. The van der Waals surface area contributed by atoms with Gasteiger partial charge in [0.1, 0.15) is 14.9 Å². The summed E-state index contributed by atoms with van der Waals surface area (Å²) >= 11 is 0. The van der Waals surface area contributed by atoms with Crippen molar-refractivity contribution in [2.75, 3.05) is 0 Å². The highest BCUT2D eigenvalue weighted by molar-refractivity contribution is 7.94. The van der Waals surface area contributed by atoms with Gasteiger partial charge in [-0.2, -0.15) is 0 Å². The first kappa shape index (κ1) is 16.6. The summed E-state index contributed by atoms with van der Waals surface area (Å²) in [5.74, 6) is 0. The molecule has 2 aromatic carbocycles. The maximum Gasteiger partial charge on any atom is 0.286 e. The summed E-state index contributed by atoms with van der Waals surface area (Å²) in [4.78, 5) is 14.1. The Labute approximate surface area is 144 Å². The molecule has 126 valence electrons. The molecule has 0 radical (unpaired) electrons. The van der Waals surface area contributed by atoms with Crippen LogP contribution in [0.15, 0.2) is 77.8 Å². The number of benzene rings is 2. The molecule has 7 nitrogen and oxygen atoms in total. The quantitative estimate of drug-likeness (QED) is 0.508. The Bertz CT molecular complexity index is 1020. The van der Waals surface area contributed by atoms with Crippen LogP contribution in [0.1, 0.15) is 0 Å². The van der Waals surface area contributed by atoms with Crippen molar-refractivity contribution in [3.63, 3.8) is 0 Å².